The average Bonchev–Trinajstić information content (AvgIpc) is 3.40. The Hall–Kier alpha value is -4.14. The first kappa shape index (κ1) is 18.9. The number of anilines is 1. The molecule has 1 N–H and O–H groups in total. The molecule has 9 nitrogen and oxygen atoms in total. The molecule has 4 aromatic rings. The lowest BCUT2D eigenvalue weighted by Gasteiger charge is -2.12. The first-order chi connectivity index (χ1) is 15.1. The third kappa shape index (κ3) is 3.50. The number of ether oxygens (including phenoxy) is 2. The van der Waals surface area contributed by atoms with Gasteiger partial charge in [-0.1, -0.05) is 23.4 Å². The number of nitrogens with one attached hydrogen (secondary N) is 1. The number of rotatable bonds is 4. The van der Waals surface area contributed by atoms with Gasteiger partial charge < -0.3 is 19.4 Å². The summed E-state index contributed by atoms with van der Waals surface area (Å²) in [6.45, 7) is 2.09. The molecule has 0 saturated carbocycles. The van der Waals surface area contributed by atoms with E-state index in [1.165, 1.54) is 4.68 Å². The standard InChI is InChI=1S/C22H20N6O3/c1-14-10-27(13-23-14)18-8-7-15(9-21(18)30-2)17-11-28(26-25-17)19-12-31-20-6-4-3-5-16(20)24-22(19)29/h3-11,13,19H,12H2,1-2H3,(H,24,29). The van der Waals surface area contributed by atoms with E-state index in [9.17, 15) is 4.79 Å². The largest absolute Gasteiger partial charge is 0.495 e. The normalized spacial score (nSPS) is 15.5. The first-order valence-corrected chi connectivity index (χ1v) is 9.76. The maximum atomic E-state index is 12.7. The molecule has 0 spiro atoms. The number of carbonyl (C=O) groups excluding carboxylic acids is 1. The Morgan fingerprint density at radius 2 is 2.06 bits per heavy atom. The highest BCUT2D eigenvalue weighted by molar-refractivity contribution is 5.95. The van der Waals surface area contributed by atoms with Crippen molar-refractivity contribution in [2.75, 3.05) is 19.0 Å². The molecule has 5 rings (SSSR count). The summed E-state index contributed by atoms with van der Waals surface area (Å²) in [5.74, 6) is 1.11. The van der Waals surface area contributed by atoms with Crippen LogP contribution in [0.25, 0.3) is 16.9 Å². The SMILES string of the molecule is COc1cc(-c2cn(C3COc4ccccc4NC3=O)nn2)ccc1-n1cnc(C)c1. The number of fused-ring (bicyclic) bond motifs is 1. The Bertz CT molecular complexity index is 1260. The van der Waals surface area contributed by atoms with E-state index in [4.69, 9.17) is 9.47 Å². The van der Waals surface area contributed by atoms with Gasteiger partial charge in [0, 0.05) is 11.8 Å². The first-order valence-electron chi connectivity index (χ1n) is 9.76. The second-order valence-electron chi connectivity index (χ2n) is 7.20. The third-order valence-corrected chi connectivity index (χ3v) is 5.14. The van der Waals surface area contributed by atoms with Crippen LogP contribution in [0, 0.1) is 6.92 Å². The predicted octanol–water partition coefficient (Wildman–Crippen LogP) is 3.02. The molecule has 156 valence electrons. The second kappa shape index (κ2) is 7.60. The number of hydrogen-bond donors (Lipinski definition) is 1. The van der Waals surface area contributed by atoms with Crippen LogP contribution >= 0.6 is 0 Å². The van der Waals surface area contributed by atoms with Crippen LogP contribution in [-0.2, 0) is 4.79 Å². The van der Waals surface area contributed by atoms with Crippen molar-refractivity contribution in [2.45, 2.75) is 13.0 Å². The number of hydrogen-bond acceptors (Lipinski definition) is 6. The van der Waals surface area contributed by atoms with Crippen molar-refractivity contribution in [1.82, 2.24) is 24.5 Å². The van der Waals surface area contributed by atoms with E-state index in [2.05, 4.69) is 20.6 Å². The summed E-state index contributed by atoms with van der Waals surface area (Å²) in [7, 11) is 1.62. The van der Waals surface area contributed by atoms with Gasteiger partial charge in [-0.15, -0.1) is 5.10 Å². The summed E-state index contributed by atoms with van der Waals surface area (Å²) < 4.78 is 14.8. The highest BCUT2D eigenvalue weighted by atomic mass is 16.5. The Morgan fingerprint density at radius 1 is 1.19 bits per heavy atom. The van der Waals surface area contributed by atoms with Crippen molar-refractivity contribution in [3.8, 4) is 28.4 Å². The van der Waals surface area contributed by atoms with Crippen molar-refractivity contribution in [3.63, 3.8) is 0 Å². The van der Waals surface area contributed by atoms with Gasteiger partial charge in [-0.3, -0.25) is 4.79 Å². The van der Waals surface area contributed by atoms with E-state index in [1.807, 2.05) is 54.1 Å². The molecule has 1 aliphatic heterocycles. The quantitative estimate of drug-likeness (QED) is 0.549. The molecule has 0 radical (unpaired) electrons. The Kier molecular flexibility index (Phi) is 4.62. The zero-order chi connectivity index (χ0) is 21.4. The molecule has 1 aliphatic rings. The number of nitrogens with zero attached hydrogens (tertiary/aromatic N) is 5. The molecule has 2 aromatic heterocycles. The smallest absolute Gasteiger partial charge is 0.252 e. The maximum Gasteiger partial charge on any atom is 0.252 e. The van der Waals surface area contributed by atoms with Gasteiger partial charge in [0.15, 0.2) is 6.04 Å². The molecule has 9 heteroatoms. The molecule has 1 amide bonds. The average molecular weight is 416 g/mol. The lowest BCUT2D eigenvalue weighted by molar-refractivity contribution is -0.120. The van der Waals surface area contributed by atoms with Gasteiger partial charge in [-0.2, -0.15) is 0 Å². The third-order valence-electron chi connectivity index (χ3n) is 5.14. The number of para-hydroxylation sites is 2. The van der Waals surface area contributed by atoms with Gasteiger partial charge >= 0.3 is 0 Å². The number of amides is 1. The Morgan fingerprint density at radius 3 is 2.87 bits per heavy atom. The highest BCUT2D eigenvalue weighted by Gasteiger charge is 2.27. The number of imidazole rings is 1. The summed E-state index contributed by atoms with van der Waals surface area (Å²) >= 11 is 0. The van der Waals surface area contributed by atoms with Gasteiger partial charge in [-0.05, 0) is 31.2 Å². The van der Waals surface area contributed by atoms with E-state index in [0.717, 1.165) is 16.9 Å². The van der Waals surface area contributed by atoms with E-state index in [-0.39, 0.29) is 12.5 Å². The minimum absolute atomic E-state index is 0.161. The lowest BCUT2D eigenvalue weighted by Crippen LogP contribution is -2.29. The van der Waals surface area contributed by atoms with Crippen LogP contribution in [0.4, 0.5) is 5.69 Å². The maximum absolute atomic E-state index is 12.7. The highest BCUT2D eigenvalue weighted by Crippen LogP contribution is 2.31. The Labute approximate surface area is 178 Å². The van der Waals surface area contributed by atoms with Crippen molar-refractivity contribution in [1.29, 1.82) is 0 Å². The molecular formula is C22H20N6O3. The van der Waals surface area contributed by atoms with Gasteiger partial charge in [-0.25, -0.2) is 9.67 Å². The molecule has 0 aliphatic carbocycles. The van der Waals surface area contributed by atoms with Crippen LogP contribution < -0.4 is 14.8 Å². The molecule has 31 heavy (non-hydrogen) atoms. The minimum atomic E-state index is -0.635. The zero-order valence-electron chi connectivity index (χ0n) is 17.0. The molecular weight excluding hydrogens is 396 g/mol. The second-order valence-corrected chi connectivity index (χ2v) is 7.20. The van der Waals surface area contributed by atoms with Crippen molar-refractivity contribution in [3.05, 3.63) is 66.9 Å². The van der Waals surface area contributed by atoms with Crippen LogP contribution in [0.15, 0.2) is 61.2 Å². The fourth-order valence-corrected chi connectivity index (χ4v) is 3.52. The molecule has 0 bridgehead atoms. The van der Waals surface area contributed by atoms with Crippen LogP contribution in [0.5, 0.6) is 11.5 Å². The molecule has 0 saturated heterocycles. The number of methoxy groups -OCH3 is 1. The lowest BCUT2D eigenvalue weighted by atomic mass is 10.1. The summed E-state index contributed by atoms with van der Waals surface area (Å²) in [5, 5.41) is 11.3. The number of aryl methyl sites for hydroxylation is 1. The van der Waals surface area contributed by atoms with Crippen molar-refractivity contribution >= 4 is 11.6 Å². The number of benzene rings is 2. The van der Waals surface area contributed by atoms with Gasteiger partial charge in [0.1, 0.15) is 23.8 Å². The molecule has 1 atom stereocenters. The molecule has 1 unspecified atom stereocenters. The summed E-state index contributed by atoms with van der Waals surface area (Å²) in [5.41, 5.74) is 3.88. The van der Waals surface area contributed by atoms with E-state index in [1.54, 1.807) is 25.7 Å². The van der Waals surface area contributed by atoms with E-state index >= 15 is 0 Å². The van der Waals surface area contributed by atoms with Crippen LogP contribution in [0.1, 0.15) is 11.7 Å². The molecule has 0 fully saturated rings. The summed E-state index contributed by atoms with van der Waals surface area (Å²) in [4.78, 5) is 17.0. The monoisotopic (exact) mass is 416 g/mol. The van der Waals surface area contributed by atoms with Crippen molar-refractivity contribution < 1.29 is 14.3 Å². The summed E-state index contributed by atoms with van der Waals surface area (Å²) in [6.07, 6.45) is 5.40. The van der Waals surface area contributed by atoms with E-state index in [0.29, 0.717) is 22.9 Å². The number of aromatic nitrogens is 5. The zero-order valence-corrected chi connectivity index (χ0v) is 17.0. The van der Waals surface area contributed by atoms with Crippen molar-refractivity contribution in [2.24, 2.45) is 0 Å². The van der Waals surface area contributed by atoms with Crippen LogP contribution in [-0.4, -0.2) is 44.2 Å². The summed E-state index contributed by atoms with van der Waals surface area (Å²) in [6, 6.07) is 12.5. The van der Waals surface area contributed by atoms with E-state index < -0.39 is 6.04 Å². The topological polar surface area (TPSA) is 96.1 Å². The van der Waals surface area contributed by atoms with Gasteiger partial charge in [0.2, 0.25) is 0 Å². The van der Waals surface area contributed by atoms with Gasteiger partial charge in [0.25, 0.3) is 5.91 Å². The minimum Gasteiger partial charge on any atom is -0.495 e. The predicted molar refractivity (Wildman–Crippen MR) is 113 cm³/mol. The number of carbonyl (C=O) groups is 1. The molecule has 2 aromatic carbocycles. The van der Waals surface area contributed by atoms with Crippen LogP contribution in [0.2, 0.25) is 0 Å². The van der Waals surface area contributed by atoms with Crippen LogP contribution in [0.3, 0.4) is 0 Å². The van der Waals surface area contributed by atoms with Gasteiger partial charge in [0.05, 0.1) is 36.7 Å². The Balaban J connectivity index is 1.42. The fraction of sp³-hybridized carbons (Fsp3) is 0.182. The fourth-order valence-electron chi connectivity index (χ4n) is 3.52. The molecule has 3 heterocycles.